The molecule has 1 fully saturated rings. The quantitative estimate of drug-likeness (QED) is 0.817. The molecule has 1 aromatic heterocycles. The third kappa shape index (κ3) is 2.81. The molecule has 0 aliphatic carbocycles. The van der Waals surface area contributed by atoms with Crippen molar-refractivity contribution in [1.29, 1.82) is 0 Å². The number of nitrogens with one attached hydrogen (secondary N) is 1. The normalized spacial score (nSPS) is 26.8. The van der Waals surface area contributed by atoms with E-state index in [9.17, 15) is 0 Å². The van der Waals surface area contributed by atoms with Gasteiger partial charge in [-0.15, -0.1) is 0 Å². The van der Waals surface area contributed by atoms with Crippen molar-refractivity contribution in [2.24, 2.45) is 11.8 Å². The van der Waals surface area contributed by atoms with Gasteiger partial charge in [-0.3, -0.25) is 4.68 Å². The molecular weight excluding hydrogens is 186 g/mol. The first-order chi connectivity index (χ1) is 7.28. The summed E-state index contributed by atoms with van der Waals surface area (Å²) in [6.45, 7) is 7.78. The first kappa shape index (κ1) is 10.7. The number of aromatic nitrogens is 2. The maximum absolute atomic E-state index is 4.32. The molecule has 0 spiro atoms. The smallest absolute Gasteiger partial charge is 0.0521 e. The molecule has 2 heterocycles. The van der Waals surface area contributed by atoms with Gasteiger partial charge in [0.25, 0.3) is 0 Å². The number of hydrogen-bond acceptors (Lipinski definition) is 2. The zero-order valence-electron chi connectivity index (χ0n) is 9.74. The third-order valence-corrected chi connectivity index (χ3v) is 3.20. The van der Waals surface area contributed by atoms with Gasteiger partial charge in [-0.25, -0.2) is 0 Å². The average Bonchev–Trinajstić information content (AvgIpc) is 2.65. The SMILES string of the molecule is CCn1cc(CC2CNCC(C)C2)cn1. The zero-order chi connectivity index (χ0) is 10.7. The topological polar surface area (TPSA) is 29.9 Å². The van der Waals surface area contributed by atoms with E-state index in [2.05, 4.69) is 30.5 Å². The molecule has 0 radical (unpaired) electrons. The lowest BCUT2D eigenvalue weighted by Gasteiger charge is -2.27. The van der Waals surface area contributed by atoms with E-state index in [0.29, 0.717) is 0 Å². The van der Waals surface area contributed by atoms with E-state index in [0.717, 1.165) is 18.4 Å². The molecule has 2 atom stereocenters. The van der Waals surface area contributed by atoms with Crippen LogP contribution in [0.3, 0.4) is 0 Å². The second kappa shape index (κ2) is 4.79. The number of rotatable bonds is 3. The van der Waals surface area contributed by atoms with E-state index in [1.165, 1.54) is 31.5 Å². The van der Waals surface area contributed by atoms with Crippen LogP contribution in [0.15, 0.2) is 12.4 Å². The van der Waals surface area contributed by atoms with E-state index < -0.39 is 0 Å². The number of piperidine rings is 1. The molecule has 1 N–H and O–H groups in total. The Morgan fingerprint density at radius 3 is 3.07 bits per heavy atom. The predicted molar refractivity (Wildman–Crippen MR) is 61.7 cm³/mol. The highest BCUT2D eigenvalue weighted by molar-refractivity contribution is 5.05. The maximum Gasteiger partial charge on any atom is 0.0521 e. The van der Waals surface area contributed by atoms with Gasteiger partial charge in [-0.2, -0.15) is 5.10 Å². The second-order valence-corrected chi connectivity index (χ2v) is 4.77. The highest BCUT2D eigenvalue weighted by Crippen LogP contribution is 2.19. The number of nitrogens with zero attached hydrogens (tertiary/aromatic N) is 2. The second-order valence-electron chi connectivity index (χ2n) is 4.77. The molecule has 1 saturated heterocycles. The Balaban J connectivity index is 1.90. The van der Waals surface area contributed by atoms with Crippen LogP contribution in [0, 0.1) is 11.8 Å². The van der Waals surface area contributed by atoms with Crippen molar-refractivity contribution >= 4 is 0 Å². The molecule has 1 aliphatic heterocycles. The van der Waals surface area contributed by atoms with Crippen LogP contribution < -0.4 is 5.32 Å². The van der Waals surface area contributed by atoms with Crippen molar-refractivity contribution in [2.45, 2.75) is 33.2 Å². The molecule has 1 aromatic rings. The summed E-state index contributed by atoms with van der Waals surface area (Å²) < 4.78 is 2.01. The van der Waals surface area contributed by atoms with Crippen LogP contribution in [0.1, 0.15) is 25.8 Å². The summed E-state index contributed by atoms with van der Waals surface area (Å²) in [5.74, 6) is 1.62. The summed E-state index contributed by atoms with van der Waals surface area (Å²) in [6, 6.07) is 0. The fraction of sp³-hybridized carbons (Fsp3) is 0.750. The summed E-state index contributed by atoms with van der Waals surface area (Å²) in [6.07, 6.45) is 6.73. The van der Waals surface area contributed by atoms with Crippen molar-refractivity contribution in [3.63, 3.8) is 0 Å². The molecule has 2 rings (SSSR count). The van der Waals surface area contributed by atoms with Crippen LogP contribution in [0.2, 0.25) is 0 Å². The summed E-state index contributed by atoms with van der Waals surface area (Å²) in [4.78, 5) is 0. The highest BCUT2D eigenvalue weighted by Gasteiger charge is 2.18. The van der Waals surface area contributed by atoms with Crippen LogP contribution in [0.25, 0.3) is 0 Å². The molecular formula is C12H21N3. The molecule has 0 saturated carbocycles. The first-order valence-corrected chi connectivity index (χ1v) is 6.00. The number of aryl methyl sites for hydroxylation is 1. The minimum Gasteiger partial charge on any atom is -0.316 e. The molecule has 2 unspecified atom stereocenters. The van der Waals surface area contributed by atoms with E-state index in [4.69, 9.17) is 0 Å². The van der Waals surface area contributed by atoms with Crippen molar-refractivity contribution in [2.75, 3.05) is 13.1 Å². The van der Waals surface area contributed by atoms with Gasteiger partial charge in [-0.05, 0) is 50.3 Å². The van der Waals surface area contributed by atoms with Gasteiger partial charge in [0, 0.05) is 12.7 Å². The molecule has 1 aliphatic rings. The Morgan fingerprint density at radius 2 is 2.40 bits per heavy atom. The molecule has 0 amide bonds. The molecule has 84 valence electrons. The van der Waals surface area contributed by atoms with E-state index in [-0.39, 0.29) is 0 Å². The van der Waals surface area contributed by atoms with Crippen LogP contribution in [-0.4, -0.2) is 22.9 Å². The van der Waals surface area contributed by atoms with Gasteiger partial charge < -0.3 is 5.32 Å². The Kier molecular flexibility index (Phi) is 3.41. The molecule has 3 heteroatoms. The lowest BCUT2D eigenvalue weighted by molar-refractivity contribution is 0.301. The van der Waals surface area contributed by atoms with E-state index in [1.54, 1.807) is 0 Å². The van der Waals surface area contributed by atoms with Crippen LogP contribution in [0.4, 0.5) is 0 Å². The van der Waals surface area contributed by atoms with Crippen LogP contribution >= 0.6 is 0 Å². The average molecular weight is 207 g/mol. The fourth-order valence-electron chi connectivity index (χ4n) is 2.44. The zero-order valence-corrected chi connectivity index (χ0v) is 9.74. The molecule has 3 nitrogen and oxygen atoms in total. The van der Waals surface area contributed by atoms with Gasteiger partial charge in [-0.1, -0.05) is 6.92 Å². The van der Waals surface area contributed by atoms with Crippen molar-refractivity contribution in [3.05, 3.63) is 18.0 Å². The van der Waals surface area contributed by atoms with Gasteiger partial charge in [0.2, 0.25) is 0 Å². The van der Waals surface area contributed by atoms with Crippen molar-refractivity contribution in [1.82, 2.24) is 15.1 Å². The van der Waals surface area contributed by atoms with Gasteiger partial charge in [0.05, 0.1) is 6.20 Å². The molecule has 15 heavy (non-hydrogen) atoms. The number of hydrogen-bond donors (Lipinski definition) is 1. The predicted octanol–water partition coefficient (Wildman–Crippen LogP) is 1.69. The standard InChI is InChI=1S/C12H21N3/c1-3-15-9-12(8-14-15)5-11-4-10(2)6-13-7-11/h8-11,13H,3-7H2,1-2H3. The third-order valence-electron chi connectivity index (χ3n) is 3.20. The summed E-state index contributed by atoms with van der Waals surface area (Å²) in [7, 11) is 0. The highest BCUT2D eigenvalue weighted by atomic mass is 15.3. The molecule has 0 bridgehead atoms. The Bertz CT molecular complexity index is 306. The van der Waals surface area contributed by atoms with Crippen LogP contribution in [0.5, 0.6) is 0 Å². The summed E-state index contributed by atoms with van der Waals surface area (Å²) in [5, 5.41) is 7.81. The van der Waals surface area contributed by atoms with Crippen LogP contribution in [-0.2, 0) is 13.0 Å². The summed E-state index contributed by atoms with van der Waals surface area (Å²) >= 11 is 0. The Hall–Kier alpha value is -0.830. The van der Waals surface area contributed by atoms with Crippen molar-refractivity contribution in [3.8, 4) is 0 Å². The summed E-state index contributed by atoms with van der Waals surface area (Å²) in [5.41, 5.74) is 1.39. The monoisotopic (exact) mass is 207 g/mol. The van der Waals surface area contributed by atoms with Gasteiger partial charge in [0.1, 0.15) is 0 Å². The van der Waals surface area contributed by atoms with Gasteiger partial charge >= 0.3 is 0 Å². The Labute approximate surface area is 91.9 Å². The molecule has 0 aromatic carbocycles. The minimum atomic E-state index is 0.795. The van der Waals surface area contributed by atoms with Gasteiger partial charge in [0.15, 0.2) is 0 Å². The largest absolute Gasteiger partial charge is 0.316 e. The van der Waals surface area contributed by atoms with E-state index in [1.807, 2.05) is 10.9 Å². The lowest BCUT2D eigenvalue weighted by Crippen LogP contribution is -2.35. The minimum absolute atomic E-state index is 0.795. The van der Waals surface area contributed by atoms with E-state index >= 15 is 0 Å². The van der Waals surface area contributed by atoms with Crippen molar-refractivity contribution < 1.29 is 0 Å². The maximum atomic E-state index is 4.32. The fourth-order valence-corrected chi connectivity index (χ4v) is 2.44. The first-order valence-electron chi connectivity index (χ1n) is 6.00. The Morgan fingerprint density at radius 1 is 1.53 bits per heavy atom. The lowest BCUT2D eigenvalue weighted by atomic mass is 9.88.